The molecule has 10 nitrogen and oxygen atoms in total. The van der Waals surface area contributed by atoms with E-state index < -0.39 is 37.1 Å². The Morgan fingerprint density at radius 1 is 0.892 bits per heavy atom. The molecule has 0 unspecified atom stereocenters. The Morgan fingerprint density at radius 3 is 2.27 bits per heavy atom. The molecular weight excluding hydrogens is 520 g/mol. The third-order valence-corrected chi connectivity index (χ3v) is 9.47. The van der Waals surface area contributed by atoms with Crippen LogP contribution in [-0.2, 0) is 29.3 Å². The first-order chi connectivity index (χ1) is 17.6. The van der Waals surface area contributed by atoms with Crippen LogP contribution >= 0.6 is 0 Å². The highest BCUT2D eigenvalue weighted by Crippen LogP contribution is 2.23. The number of hydrogen-bond donors (Lipinski definition) is 2. The predicted molar refractivity (Wildman–Crippen MR) is 139 cm³/mol. The van der Waals surface area contributed by atoms with E-state index in [0.717, 1.165) is 24.8 Å². The van der Waals surface area contributed by atoms with Crippen molar-refractivity contribution in [1.29, 1.82) is 0 Å². The Balaban J connectivity index is 1.45. The molecule has 0 spiro atoms. The Morgan fingerprint density at radius 2 is 1.57 bits per heavy atom. The molecule has 1 aliphatic rings. The summed E-state index contributed by atoms with van der Waals surface area (Å²) in [5.74, 6) is -0.961. The highest BCUT2D eigenvalue weighted by molar-refractivity contribution is 7.91. The number of benzene rings is 2. The molecule has 0 atom stereocenters. The minimum atomic E-state index is -3.83. The highest BCUT2D eigenvalue weighted by atomic mass is 32.2. The van der Waals surface area contributed by atoms with Crippen LogP contribution in [0.5, 0.6) is 0 Å². The number of hydrogen-bond acceptors (Lipinski definition) is 8. The number of nitrogens with one attached hydrogen (secondary N) is 2. The minimum absolute atomic E-state index is 0.0229. The molecule has 2 aromatic carbocycles. The molecular formula is C25H32N2O8S2. The van der Waals surface area contributed by atoms with Crippen molar-refractivity contribution in [2.45, 2.75) is 49.2 Å². The second kappa shape index (κ2) is 13.0. The first kappa shape index (κ1) is 28.6. The van der Waals surface area contributed by atoms with Crippen molar-refractivity contribution >= 4 is 37.5 Å². The maximum atomic E-state index is 12.5. The van der Waals surface area contributed by atoms with E-state index >= 15 is 0 Å². The fourth-order valence-electron chi connectivity index (χ4n) is 3.91. The molecule has 2 N–H and O–H groups in total. The van der Waals surface area contributed by atoms with Gasteiger partial charge in [-0.05, 0) is 44.0 Å². The van der Waals surface area contributed by atoms with Gasteiger partial charge in [0.2, 0.25) is 10.0 Å². The van der Waals surface area contributed by atoms with E-state index in [1.807, 2.05) is 11.6 Å². The van der Waals surface area contributed by atoms with Gasteiger partial charge in [0.25, 0.3) is 0 Å². The van der Waals surface area contributed by atoms with E-state index in [0.29, 0.717) is 12.8 Å². The fraction of sp³-hybridized carbons (Fsp3) is 0.440. The van der Waals surface area contributed by atoms with Gasteiger partial charge in [0.15, 0.2) is 9.84 Å². The van der Waals surface area contributed by atoms with Crippen molar-refractivity contribution in [3.8, 4) is 0 Å². The summed E-state index contributed by atoms with van der Waals surface area (Å²) in [6.45, 7) is 1.64. The van der Waals surface area contributed by atoms with Crippen LogP contribution in [0.25, 0.3) is 0 Å². The van der Waals surface area contributed by atoms with E-state index in [2.05, 4.69) is 5.32 Å². The predicted octanol–water partition coefficient (Wildman–Crippen LogP) is 3.43. The van der Waals surface area contributed by atoms with Crippen LogP contribution in [0.15, 0.2) is 53.4 Å². The largest absolute Gasteiger partial charge is 0.460 e. The smallest absolute Gasteiger partial charge is 0.340 e. The van der Waals surface area contributed by atoms with Crippen molar-refractivity contribution in [3.63, 3.8) is 0 Å². The number of amides is 2. The molecule has 3 rings (SSSR count). The molecule has 1 saturated carbocycles. The molecule has 1 fully saturated rings. The summed E-state index contributed by atoms with van der Waals surface area (Å²) in [5, 5.41) is 1.79. The van der Waals surface area contributed by atoms with Gasteiger partial charge < -0.3 is 14.8 Å². The number of sulfonamides is 1. The molecule has 0 radical (unpaired) electrons. The molecule has 2 aromatic rings. The van der Waals surface area contributed by atoms with E-state index in [1.54, 1.807) is 36.4 Å². The zero-order valence-electron chi connectivity index (χ0n) is 20.6. The fourth-order valence-corrected chi connectivity index (χ4v) is 6.46. The average Bonchev–Trinajstić information content (AvgIpc) is 2.86. The minimum Gasteiger partial charge on any atom is -0.460 e. The Bertz CT molecular complexity index is 1290. The van der Waals surface area contributed by atoms with Crippen molar-refractivity contribution in [1.82, 2.24) is 4.72 Å². The van der Waals surface area contributed by atoms with E-state index in [1.165, 1.54) is 12.1 Å². The van der Waals surface area contributed by atoms with Gasteiger partial charge in [0.1, 0.15) is 6.61 Å². The molecule has 0 aromatic heterocycles. The second-order valence-corrected chi connectivity index (χ2v) is 12.9. The van der Waals surface area contributed by atoms with Crippen molar-refractivity contribution in [2.75, 3.05) is 30.9 Å². The summed E-state index contributed by atoms with van der Waals surface area (Å²) < 4.78 is 62.1. The van der Waals surface area contributed by atoms with Crippen molar-refractivity contribution < 1.29 is 35.9 Å². The lowest BCUT2D eigenvalue weighted by atomic mass is 10.0. The number of urea groups is 1. The van der Waals surface area contributed by atoms with Crippen LogP contribution in [0, 0.1) is 6.92 Å². The quantitative estimate of drug-likeness (QED) is 0.319. The number of ether oxygens (including phenoxy) is 2. The summed E-state index contributed by atoms with van der Waals surface area (Å²) >= 11 is 0. The van der Waals surface area contributed by atoms with Crippen LogP contribution in [-0.4, -0.2) is 59.7 Å². The van der Waals surface area contributed by atoms with Crippen LogP contribution in [0.3, 0.4) is 0 Å². The van der Waals surface area contributed by atoms with Gasteiger partial charge in [-0.15, -0.1) is 0 Å². The highest BCUT2D eigenvalue weighted by Gasteiger charge is 2.29. The summed E-state index contributed by atoms with van der Waals surface area (Å²) in [4.78, 5) is 25.1. The lowest BCUT2D eigenvalue weighted by Gasteiger charge is -2.22. The maximum absolute atomic E-state index is 12.5. The molecule has 0 saturated heterocycles. The SMILES string of the molecule is Cc1ccc(S(=O)(=O)CCOCCOC(=O)c2ccccc2NC(=O)NS(=O)(=O)C2CCCCC2)cc1. The third kappa shape index (κ3) is 8.54. The molecule has 1 aliphatic carbocycles. The van der Waals surface area contributed by atoms with Gasteiger partial charge in [0.05, 0.1) is 40.4 Å². The molecule has 0 heterocycles. The summed E-state index contributed by atoms with van der Waals surface area (Å²) in [7, 11) is -7.31. The first-order valence-electron chi connectivity index (χ1n) is 12.0. The van der Waals surface area contributed by atoms with Gasteiger partial charge in [-0.2, -0.15) is 0 Å². The third-order valence-electron chi connectivity index (χ3n) is 5.96. The molecule has 0 bridgehead atoms. The summed E-state index contributed by atoms with van der Waals surface area (Å²) in [6.07, 6.45) is 3.59. The maximum Gasteiger partial charge on any atom is 0.340 e. The number of carbonyl (C=O) groups excluding carboxylic acids is 2. The van der Waals surface area contributed by atoms with E-state index in [-0.39, 0.29) is 41.7 Å². The number of esters is 1. The first-order valence-corrected chi connectivity index (χ1v) is 15.2. The van der Waals surface area contributed by atoms with Crippen molar-refractivity contribution in [2.24, 2.45) is 0 Å². The van der Waals surface area contributed by atoms with Crippen LogP contribution in [0.4, 0.5) is 10.5 Å². The number of para-hydroxylation sites is 1. The van der Waals surface area contributed by atoms with Gasteiger partial charge in [-0.1, -0.05) is 49.1 Å². The lowest BCUT2D eigenvalue weighted by Crippen LogP contribution is -2.41. The number of rotatable bonds is 11. The normalized spacial score (nSPS) is 14.6. The number of carbonyl (C=O) groups is 2. The summed E-state index contributed by atoms with van der Waals surface area (Å²) in [5.41, 5.74) is 1.09. The van der Waals surface area contributed by atoms with E-state index in [9.17, 15) is 26.4 Å². The van der Waals surface area contributed by atoms with Gasteiger partial charge >= 0.3 is 12.0 Å². The number of sulfone groups is 1. The van der Waals surface area contributed by atoms with Gasteiger partial charge in [0, 0.05) is 0 Å². The van der Waals surface area contributed by atoms with Gasteiger partial charge in [-0.3, -0.25) is 0 Å². The Labute approximate surface area is 217 Å². The zero-order chi connectivity index (χ0) is 26.9. The second-order valence-electron chi connectivity index (χ2n) is 8.79. The van der Waals surface area contributed by atoms with Crippen molar-refractivity contribution in [3.05, 3.63) is 59.7 Å². The summed E-state index contributed by atoms with van der Waals surface area (Å²) in [6, 6.07) is 11.6. The standard InChI is InChI=1S/C25H32N2O8S2/c1-19-11-13-20(14-12-19)36(30,31)18-17-34-15-16-35-24(28)22-9-5-6-10-23(22)26-25(29)27-37(32,33)21-7-3-2-4-8-21/h5-6,9-14,21H,2-4,7-8,15-18H2,1H3,(H2,26,27,29). The topological polar surface area (TPSA) is 145 Å². The molecule has 37 heavy (non-hydrogen) atoms. The number of aryl methyl sites for hydroxylation is 1. The van der Waals surface area contributed by atoms with Crippen LogP contribution in [0.1, 0.15) is 48.0 Å². The monoisotopic (exact) mass is 552 g/mol. The molecule has 202 valence electrons. The van der Waals surface area contributed by atoms with Gasteiger partial charge in [-0.25, -0.2) is 31.1 Å². The number of anilines is 1. The van der Waals surface area contributed by atoms with Crippen LogP contribution < -0.4 is 10.0 Å². The average molecular weight is 553 g/mol. The molecule has 12 heteroatoms. The Kier molecular flexibility index (Phi) is 10.1. The molecule has 2 amide bonds. The Hall–Kier alpha value is -2.96. The van der Waals surface area contributed by atoms with E-state index in [4.69, 9.17) is 9.47 Å². The zero-order valence-corrected chi connectivity index (χ0v) is 22.3. The lowest BCUT2D eigenvalue weighted by molar-refractivity contribution is 0.0338. The molecule has 0 aliphatic heterocycles. The van der Waals surface area contributed by atoms with Crippen LogP contribution in [0.2, 0.25) is 0 Å².